The molecular weight excluding hydrogens is 515 g/mol. The Kier molecular flexibility index (Phi) is 6.36. The summed E-state index contributed by atoms with van der Waals surface area (Å²) in [6.07, 6.45) is 4.86. The number of halogens is 1. The molecule has 1 aromatic carbocycles. The third-order valence-electron chi connectivity index (χ3n) is 6.95. The number of rotatable bonds is 4. The lowest BCUT2D eigenvalue weighted by atomic mass is 9.92. The van der Waals surface area contributed by atoms with Gasteiger partial charge >= 0.3 is 0 Å². The Morgan fingerprint density at radius 3 is 2.69 bits per heavy atom. The highest BCUT2D eigenvalue weighted by atomic mass is 79.9. The standard InChI is InChI=1S/C27H28BBrN6O/c1-6-22(36)33-9-10-34(17(5)13-33)26-18-11-19(28)20(29)12-21(18)35(27-24(26)31-14-32-27)25-16(4)7-8-30-23(25)15(2)3/h6-8,11-12,14-15,17H,1,9-10,13H2,2-5H3. The summed E-state index contributed by atoms with van der Waals surface area (Å²) in [7, 11) is 6.43. The third kappa shape index (κ3) is 3.90. The van der Waals surface area contributed by atoms with Crippen molar-refractivity contribution in [1.82, 2.24) is 24.4 Å². The molecule has 0 saturated carbocycles. The number of nitrogens with zero attached hydrogens (tertiary/aromatic N) is 6. The van der Waals surface area contributed by atoms with E-state index in [9.17, 15) is 4.79 Å². The molecule has 4 heterocycles. The quantitative estimate of drug-likeness (QED) is 0.286. The van der Waals surface area contributed by atoms with E-state index in [2.05, 4.69) is 65.7 Å². The van der Waals surface area contributed by atoms with E-state index in [0.29, 0.717) is 25.1 Å². The number of hydrogen-bond acceptors (Lipinski definition) is 5. The number of anilines is 1. The highest BCUT2D eigenvalue weighted by Gasteiger charge is 2.33. The van der Waals surface area contributed by atoms with Gasteiger partial charge in [-0.2, -0.15) is 0 Å². The number of piperazine rings is 1. The van der Waals surface area contributed by atoms with Crippen LogP contribution in [0.1, 0.15) is 37.9 Å². The molecule has 2 radical (unpaired) electrons. The summed E-state index contributed by atoms with van der Waals surface area (Å²) in [6.45, 7) is 14.0. The van der Waals surface area contributed by atoms with Gasteiger partial charge in [0.25, 0.3) is 0 Å². The number of hydrogen-bond donors (Lipinski definition) is 0. The lowest BCUT2D eigenvalue weighted by molar-refractivity contribution is -0.126. The fraction of sp³-hybridized carbons (Fsp3) is 0.333. The molecule has 0 bridgehead atoms. The monoisotopic (exact) mass is 542 g/mol. The number of fused-ring (bicyclic) bond motifs is 2. The Hall–Kier alpha value is -3.20. The molecule has 1 fully saturated rings. The van der Waals surface area contributed by atoms with Gasteiger partial charge in [0, 0.05) is 41.7 Å². The van der Waals surface area contributed by atoms with Gasteiger partial charge in [-0.15, -0.1) is 0 Å². The molecule has 1 unspecified atom stereocenters. The van der Waals surface area contributed by atoms with Crippen LogP contribution in [-0.2, 0) is 4.79 Å². The Morgan fingerprint density at radius 1 is 1.22 bits per heavy atom. The number of benzene rings is 1. The van der Waals surface area contributed by atoms with Crippen LogP contribution in [0.2, 0.25) is 0 Å². The minimum absolute atomic E-state index is 0.0445. The Morgan fingerprint density at radius 2 is 2.00 bits per heavy atom. The second-order valence-electron chi connectivity index (χ2n) is 9.67. The fourth-order valence-electron chi connectivity index (χ4n) is 5.21. The zero-order valence-corrected chi connectivity index (χ0v) is 22.6. The Bertz CT molecular complexity index is 1460. The topological polar surface area (TPSA) is 67.2 Å². The molecule has 0 N–H and O–H groups in total. The largest absolute Gasteiger partial charge is 0.363 e. The van der Waals surface area contributed by atoms with Crippen molar-refractivity contribution in [2.45, 2.75) is 39.7 Å². The molecule has 9 heteroatoms. The van der Waals surface area contributed by atoms with Gasteiger partial charge in [-0.05, 0) is 43.5 Å². The molecule has 5 rings (SSSR count). The smallest absolute Gasteiger partial charge is 0.246 e. The fourth-order valence-corrected chi connectivity index (χ4v) is 5.54. The van der Waals surface area contributed by atoms with Gasteiger partial charge in [0.15, 0.2) is 5.82 Å². The molecule has 36 heavy (non-hydrogen) atoms. The lowest BCUT2D eigenvalue weighted by Crippen LogP contribution is -2.53. The van der Waals surface area contributed by atoms with E-state index in [0.717, 1.165) is 49.5 Å². The number of imidazole rings is 1. The van der Waals surface area contributed by atoms with Gasteiger partial charge < -0.3 is 9.80 Å². The first kappa shape index (κ1) is 24.5. The number of carbonyl (C=O) groups is 1. The van der Waals surface area contributed by atoms with Crippen LogP contribution in [0, 0.1) is 6.92 Å². The number of carbonyl (C=O) groups excluding carboxylic acids is 1. The highest BCUT2D eigenvalue weighted by molar-refractivity contribution is 9.10. The lowest BCUT2D eigenvalue weighted by Gasteiger charge is -2.42. The van der Waals surface area contributed by atoms with Crippen molar-refractivity contribution >= 4 is 51.7 Å². The van der Waals surface area contributed by atoms with E-state index in [1.165, 1.54) is 6.08 Å². The van der Waals surface area contributed by atoms with Gasteiger partial charge in [-0.25, -0.2) is 9.97 Å². The maximum absolute atomic E-state index is 12.3. The number of amides is 1. The first-order chi connectivity index (χ1) is 17.2. The zero-order valence-electron chi connectivity index (χ0n) is 21.0. The molecule has 3 aliphatic rings. The Balaban J connectivity index is 1.82. The number of aromatic nitrogens is 4. The number of aryl methyl sites for hydroxylation is 1. The van der Waals surface area contributed by atoms with Gasteiger partial charge in [0.1, 0.15) is 19.9 Å². The summed E-state index contributed by atoms with van der Waals surface area (Å²) < 4.78 is 2.99. The van der Waals surface area contributed by atoms with Crippen molar-refractivity contribution in [2.75, 3.05) is 24.5 Å². The molecule has 1 atom stereocenters. The first-order valence-corrected chi connectivity index (χ1v) is 12.9. The van der Waals surface area contributed by atoms with E-state index in [-0.39, 0.29) is 17.9 Å². The minimum Gasteiger partial charge on any atom is -0.363 e. The van der Waals surface area contributed by atoms with E-state index >= 15 is 0 Å². The molecular formula is C27H28BBrN6O. The van der Waals surface area contributed by atoms with E-state index in [1.807, 2.05) is 23.2 Å². The van der Waals surface area contributed by atoms with Crippen LogP contribution < -0.4 is 10.4 Å². The summed E-state index contributed by atoms with van der Waals surface area (Å²) in [4.78, 5) is 30.7. The van der Waals surface area contributed by atoms with Gasteiger partial charge in [-0.3, -0.25) is 14.3 Å². The molecule has 1 saturated heterocycles. The molecule has 0 spiro atoms. The molecule has 3 aliphatic heterocycles. The van der Waals surface area contributed by atoms with E-state index in [1.54, 1.807) is 6.33 Å². The van der Waals surface area contributed by atoms with E-state index in [4.69, 9.17) is 22.8 Å². The predicted octanol–water partition coefficient (Wildman–Crippen LogP) is 4.13. The van der Waals surface area contributed by atoms with Crippen molar-refractivity contribution < 1.29 is 4.79 Å². The average Bonchev–Trinajstić information content (AvgIpc) is 3.33. The molecule has 2 aromatic rings. The van der Waals surface area contributed by atoms with Crippen LogP contribution in [0.5, 0.6) is 0 Å². The second-order valence-corrected chi connectivity index (χ2v) is 10.5. The molecule has 7 nitrogen and oxygen atoms in total. The van der Waals surface area contributed by atoms with Crippen molar-refractivity contribution in [3.63, 3.8) is 0 Å². The molecule has 182 valence electrons. The highest BCUT2D eigenvalue weighted by Crippen LogP contribution is 2.42. The van der Waals surface area contributed by atoms with Crippen molar-refractivity contribution in [1.29, 1.82) is 0 Å². The minimum atomic E-state index is -0.0445. The number of pyridine rings is 2. The van der Waals surface area contributed by atoms with Crippen LogP contribution in [0.3, 0.4) is 0 Å². The SMILES string of the molecule is [B]c1cc2c(N3CCN(C(=O)C=C)CC3C)c3ncnc-3n(-c3c(C)ccnc3C(C)C)c2cc1Br. The van der Waals surface area contributed by atoms with Crippen molar-refractivity contribution in [2.24, 2.45) is 0 Å². The average molecular weight is 543 g/mol. The van der Waals surface area contributed by atoms with Crippen molar-refractivity contribution in [3.05, 3.63) is 59.1 Å². The van der Waals surface area contributed by atoms with E-state index < -0.39 is 0 Å². The van der Waals surface area contributed by atoms with Crippen LogP contribution in [0.25, 0.3) is 28.1 Å². The Labute approximate surface area is 221 Å². The second kappa shape index (κ2) is 9.35. The molecule has 0 aliphatic carbocycles. The van der Waals surface area contributed by atoms with Crippen molar-refractivity contribution in [3.8, 4) is 17.2 Å². The summed E-state index contributed by atoms with van der Waals surface area (Å²) >= 11 is 3.65. The molecule has 1 amide bonds. The van der Waals surface area contributed by atoms with Crippen LogP contribution >= 0.6 is 15.9 Å². The summed E-state index contributed by atoms with van der Waals surface area (Å²) in [5, 5.41) is 0.983. The summed E-state index contributed by atoms with van der Waals surface area (Å²) in [5.74, 6) is 0.939. The van der Waals surface area contributed by atoms with Gasteiger partial charge in [-0.1, -0.05) is 47.9 Å². The maximum Gasteiger partial charge on any atom is 0.246 e. The molecule has 1 aromatic heterocycles. The normalized spacial score (nSPS) is 16.3. The first-order valence-electron chi connectivity index (χ1n) is 12.1. The van der Waals surface area contributed by atoms with Gasteiger partial charge in [0.05, 0.1) is 22.6 Å². The van der Waals surface area contributed by atoms with Crippen LogP contribution in [0.15, 0.2) is 47.9 Å². The maximum atomic E-state index is 12.3. The van der Waals surface area contributed by atoms with Gasteiger partial charge in [0.2, 0.25) is 5.91 Å². The predicted molar refractivity (Wildman–Crippen MR) is 149 cm³/mol. The third-order valence-corrected chi connectivity index (χ3v) is 7.64. The summed E-state index contributed by atoms with van der Waals surface area (Å²) in [6, 6.07) is 6.16. The van der Waals surface area contributed by atoms with Crippen LogP contribution in [-0.4, -0.2) is 63.8 Å². The van der Waals surface area contributed by atoms with Crippen LogP contribution in [0.4, 0.5) is 5.69 Å². The summed E-state index contributed by atoms with van der Waals surface area (Å²) in [5.41, 5.74) is 6.52. The zero-order chi connectivity index (χ0) is 25.7.